The van der Waals surface area contributed by atoms with Crippen molar-refractivity contribution in [3.8, 4) is 0 Å². The summed E-state index contributed by atoms with van der Waals surface area (Å²) in [4.78, 5) is 6.86. The lowest BCUT2D eigenvalue weighted by Crippen LogP contribution is -2.45. The molecule has 1 rings (SSSR count). The molecule has 1 heterocycles. The van der Waals surface area contributed by atoms with Crippen LogP contribution in [0.4, 0.5) is 0 Å². The highest BCUT2D eigenvalue weighted by Gasteiger charge is 2.14. The lowest BCUT2D eigenvalue weighted by molar-refractivity contribution is 0.191. The second-order valence-electron chi connectivity index (χ2n) is 7.48. The van der Waals surface area contributed by atoms with Crippen LogP contribution >= 0.6 is 24.0 Å². The van der Waals surface area contributed by atoms with Crippen LogP contribution in [0.3, 0.4) is 0 Å². The van der Waals surface area contributed by atoms with Crippen molar-refractivity contribution in [3.05, 3.63) is 0 Å². The molecule has 5 nitrogen and oxygen atoms in total. The van der Waals surface area contributed by atoms with E-state index in [0.717, 1.165) is 31.5 Å². The highest BCUT2D eigenvalue weighted by atomic mass is 127. The van der Waals surface area contributed by atoms with Gasteiger partial charge in [-0.1, -0.05) is 6.92 Å². The average molecular weight is 439 g/mol. The zero-order valence-corrected chi connectivity index (χ0v) is 18.1. The van der Waals surface area contributed by atoms with Crippen molar-refractivity contribution < 1.29 is 0 Å². The maximum absolute atomic E-state index is 4.27. The van der Waals surface area contributed by atoms with E-state index < -0.39 is 0 Å². The fraction of sp³-hybridized carbons (Fsp3) is 0.941. The van der Waals surface area contributed by atoms with Crippen LogP contribution in [0.25, 0.3) is 0 Å². The molecule has 3 N–H and O–H groups in total. The number of hydrogen-bond donors (Lipinski definition) is 3. The fourth-order valence-electron chi connectivity index (χ4n) is 2.63. The Kier molecular flexibility index (Phi) is 12.3. The van der Waals surface area contributed by atoms with Gasteiger partial charge in [0.2, 0.25) is 0 Å². The molecule has 0 bridgehead atoms. The SMILES string of the molecule is CN=C(NCCCN1CCC(C)CC1)NCCNC(C)(C)C.I. The Bertz CT molecular complexity index is 319. The Labute approximate surface area is 160 Å². The van der Waals surface area contributed by atoms with Gasteiger partial charge in [-0.2, -0.15) is 0 Å². The Morgan fingerprint density at radius 1 is 1.09 bits per heavy atom. The zero-order valence-electron chi connectivity index (χ0n) is 15.7. The summed E-state index contributed by atoms with van der Waals surface area (Å²) in [6.45, 7) is 15.5. The molecule has 0 atom stereocenters. The summed E-state index contributed by atoms with van der Waals surface area (Å²) in [6.07, 6.45) is 3.89. The number of guanidine groups is 1. The van der Waals surface area contributed by atoms with Gasteiger partial charge >= 0.3 is 0 Å². The summed E-state index contributed by atoms with van der Waals surface area (Å²) in [7, 11) is 1.83. The Morgan fingerprint density at radius 3 is 2.26 bits per heavy atom. The van der Waals surface area contributed by atoms with E-state index >= 15 is 0 Å². The molecule has 1 saturated heterocycles. The number of likely N-dealkylation sites (tertiary alicyclic amines) is 1. The van der Waals surface area contributed by atoms with Gasteiger partial charge in [-0.05, 0) is 65.6 Å². The van der Waals surface area contributed by atoms with Gasteiger partial charge in [0.25, 0.3) is 0 Å². The third kappa shape index (κ3) is 12.0. The first kappa shape index (κ1) is 22.9. The highest BCUT2D eigenvalue weighted by molar-refractivity contribution is 14.0. The Morgan fingerprint density at radius 2 is 1.70 bits per heavy atom. The van der Waals surface area contributed by atoms with E-state index in [0.29, 0.717) is 0 Å². The van der Waals surface area contributed by atoms with Crippen molar-refractivity contribution >= 4 is 29.9 Å². The molecule has 0 aromatic rings. The van der Waals surface area contributed by atoms with E-state index in [1.165, 1.54) is 38.9 Å². The van der Waals surface area contributed by atoms with Crippen molar-refractivity contribution in [1.82, 2.24) is 20.9 Å². The fourth-order valence-corrected chi connectivity index (χ4v) is 2.63. The van der Waals surface area contributed by atoms with Crippen molar-refractivity contribution in [1.29, 1.82) is 0 Å². The molecule has 0 spiro atoms. The van der Waals surface area contributed by atoms with E-state index in [9.17, 15) is 0 Å². The number of hydrogen-bond acceptors (Lipinski definition) is 3. The summed E-state index contributed by atoms with van der Waals surface area (Å²) in [5.74, 6) is 1.82. The van der Waals surface area contributed by atoms with Crippen molar-refractivity contribution in [3.63, 3.8) is 0 Å². The standard InChI is InChI=1S/C17H37N5.HI/c1-15-7-13-22(14-8-15)12-6-9-19-16(18-5)20-10-11-21-17(2,3)4;/h15,21H,6-14H2,1-5H3,(H2,18,19,20);1H. The van der Waals surface area contributed by atoms with Crippen LogP contribution in [-0.4, -0.2) is 62.7 Å². The summed E-state index contributed by atoms with van der Waals surface area (Å²) in [5.41, 5.74) is 0.171. The molecule has 0 saturated carbocycles. The molecule has 1 aliphatic heterocycles. The van der Waals surface area contributed by atoms with Crippen LogP contribution in [0.2, 0.25) is 0 Å². The highest BCUT2D eigenvalue weighted by Crippen LogP contribution is 2.15. The van der Waals surface area contributed by atoms with Gasteiger partial charge in [0.15, 0.2) is 5.96 Å². The summed E-state index contributed by atoms with van der Waals surface area (Å²) in [6, 6.07) is 0. The van der Waals surface area contributed by atoms with Crippen LogP contribution in [-0.2, 0) is 0 Å². The molecule has 1 aliphatic rings. The zero-order chi connectivity index (χ0) is 16.4. The summed E-state index contributed by atoms with van der Waals surface area (Å²) in [5, 5.41) is 10.2. The van der Waals surface area contributed by atoms with Crippen LogP contribution in [0, 0.1) is 5.92 Å². The van der Waals surface area contributed by atoms with Gasteiger partial charge in [0.1, 0.15) is 0 Å². The van der Waals surface area contributed by atoms with Crippen LogP contribution in [0.5, 0.6) is 0 Å². The quantitative estimate of drug-likeness (QED) is 0.247. The molecule has 0 aliphatic carbocycles. The maximum atomic E-state index is 4.27. The molecule has 0 aromatic carbocycles. The number of halogens is 1. The first-order valence-electron chi connectivity index (χ1n) is 8.82. The van der Waals surface area contributed by atoms with Crippen molar-refractivity contribution in [2.45, 2.75) is 52.5 Å². The Hall–Kier alpha value is -0.0800. The lowest BCUT2D eigenvalue weighted by Gasteiger charge is -2.30. The number of rotatable bonds is 7. The third-order valence-corrected chi connectivity index (χ3v) is 4.12. The average Bonchev–Trinajstić information content (AvgIpc) is 2.46. The minimum Gasteiger partial charge on any atom is -0.356 e. The number of aliphatic imine (C=N–C) groups is 1. The first-order valence-corrected chi connectivity index (χ1v) is 8.82. The van der Waals surface area contributed by atoms with E-state index in [1.54, 1.807) is 0 Å². The molecule has 0 radical (unpaired) electrons. The Balaban J connectivity index is 0.00000484. The summed E-state index contributed by atoms with van der Waals surface area (Å²) < 4.78 is 0. The minimum absolute atomic E-state index is 0. The maximum Gasteiger partial charge on any atom is 0.191 e. The topological polar surface area (TPSA) is 51.7 Å². The largest absolute Gasteiger partial charge is 0.356 e. The second-order valence-corrected chi connectivity index (χ2v) is 7.48. The minimum atomic E-state index is 0. The molecule has 1 fully saturated rings. The monoisotopic (exact) mass is 439 g/mol. The number of piperidine rings is 1. The second kappa shape index (κ2) is 12.3. The molecule has 23 heavy (non-hydrogen) atoms. The van der Waals surface area contributed by atoms with E-state index in [4.69, 9.17) is 0 Å². The normalized spacial score (nSPS) is 17.7. The van der Waals surface area contributed by atoms with Gasteiger partial charge in [-0.25, -0.2) is 0 Å². The number of nitrogens with one attached hydrogen (secondary N) is 3. The predicted octanol–water partition coefficient (Wildman–Crippen LogP) is 2.28. The third-order valence-electron chi connectivity index (χ3n) is 4.12. The van der Waals surface area contributed by atoms with Crippen LogP contribution in [0.15, 0.2) is 4.99 Å². The van der Waals surface area contributed by atoms with Gasteiger partial charge in [-0.15, -0.1) is 24.0 Å². The van der Waals surface area contributed by atoms with Gasteiger partial charge in [0.05, 0.1) is 0 Å². The number of nitrogens with zero attached hydrogens (tertiary/aromatic N) is 2. The molecular formula is C17H38IN5. The van der Waals surface area contributed by atoms with Gasteiger partial charge in [-0.3, -0.25) is 4.99 Å². The van der Waals surface area contributed by atoms with Gasteiger partial charge < -0.3 is 20.9 Å². The molecule has 0 aromatic heterocycles. The van der Waals surface area contributed by atoms with Crippen molar-refractivity contribution in [2.24, 2.45) is 10.9 Å². The lowest BCUT2D eigenvalue weighted by atomic mass is 9.99. The van der Waals surface area contributed by atoms with E-state index in [1.807, 2.05) is 7.05 Å². The van der Waals surface area contributed by atoms with Crippen LogP contribution in [0.1, 0.15) is 47.0 Å². The van der Waals surface area contributed by atoms with Crippen molar-refractivity contribution in [2.75, 3.05) is 46.3 Å². The molecular weight excluding hydrogens is 401 g/mol. The molecule has 6 heteroatoms. The van der Waals surface area contributed by atoms with E-state index in [2.05, 4.69) is 53.5 Å². The van der Waals surface area contributed by atoms with E-state index in [-0.39, 0.29) is 29.5 Å². The van der Waals surface area contributed by atoms with Gasteiger partial charge in [0, 0.05) is 32.2 Å². The van der Waals surface area contributed by atoms with Crippen LogP contribution < -0.4 is 16.0 Å². The smallest absolute Gasteiger partial charge is 0.191 e. The molecule has 138 valence electrons. The summed E-state index contributed by atoms with van der Waals surface area (Å²) >= 11 is 0. The first-order chi connectivity index (χ1) is 10.4. The molecule has 0 amide bonds. The molecule has 0 unspecified atom stereocenters. The predicted molar refractivity (Wildman–Crippen MR) is 112 cm³/mol.